The zero-order valence-electron chi connectivity index (χ0n) is 14.8. The lowest BCUT2D eigenvalue weighted by atomic mass is 10.1. The van der Waals surface area contributed by atoms with Gasteiger partial charge in [0.25, 0.3) is 11.8 Å². The molecule has 8 nitrogen and oxygen atoms in total. The minimum atomic E-state index is -0.892. The highest BCUT2D eigenvalue weighted by molar-refractivity contribution is 6.22. The molecule has 3 rings (SSSR count). The van der Waals surface area contributed by atoms with Crippen LogP contribution in [0.5, 0.6) is 0 Å². The van der Waals surface area contributed by atoms with E-state index in [-0.39, 0.29) is 5.91 Å². The monoisotopic (exact) mass is 359 g/mol. The first-order valence-corrected chi connectivity index (χ1v) is 8.63. The number of hydrogen-bond donors (Lipinski definition) is 0. The average molecular weight is 359 g/mol. The lowest BCUT2D eigenvalue weighted by Crippen LogP contribution is -2.56. The molecule has 0 spiro atoms. The van der Waals surface area contributed by atoms with Gasteiger partial charge in [-0.2, -0.15) is 0 Å². The number of ether oxygens (including phenoxy) is 1. The Morgan fingerprint density at radius 3 is 2.00 bits per heavy atom. The van der Waals surface area contributed by atoms with Crippen molar-refractivity contribution in [1.82, 2.24) is 14.7 Å². The normalized spacial score (nSPS) is 18.0. The maximum Gasteiger partial charge on any atom is 0.409 e. The van der Waals surface area contributed by atoms with Crippen LogP contribution >= 0.6 is 0 Å². The van der Waals surface area contributed by atoms with Gasteiger partial charge >= 0.3 is 6.09 Å². The van der Waals surface area contributed by atoms with E-state index in [2.05, 4.69) is 0 Å². The third-order valence-electron chi connectivity index (χ3n) is 4.69. The number of imide groups is 1. The fourth-order valence-electron chi connectivity index (χ4n) is 3.26. The summed E-state index contributed by atoms with van der Waals surface area (Å²) in [4.78, 5) is 53.7. The molecule has 0 saturated carbocycles. The molecule has 2 heterocycles. The third-order valence-corrected chi connectivity index (χ3v) is 4.69. The maximum atomic E-state index is 12.8. The Morgan fingerprint density at radius 2 is 1.50 bits per heavy atom. The fourth-order valence-corrected chi connectivity index (χ4v) is 3.26. The van der Waals surface area contributed by atoms with Crippen LogP contribution in [0.3, 0.4) is 0 Å². The number of piperazine rings is 1. The quantitative estimate of drug-likeness (QED) is 0.751. The van der Waals surface area contributed by atoms with Crippen LogP contribution in [0.15, 0.2) is 24.3 Å². The van der Waals surface area contributed by atoms with Crippen LogP contribution in [0, 0.1) is 0 Å². The summed E-state index contributed by atoms with van der Waals surface area (Å²) in [6.45, 7) is 4.99. The van der Waals surface area contributed by atoms with Gasteiger partial charge in [-0.25, -0.2) is 4.79 Å². The molecule has 1 aromatic rings. The number of carbonyl (C=O) groups excluding carboxylic acids is 4. The molecule has 26 heavy (non-hydrogen) atoms. The number of nitrogens with zero attached hydrogens (tertiary/aromatic N) is 3. The van der Waals surface area contributed by atoms with Gasteiger partial charge < -0.3 is 14.5 Å². The zero-order valence-corrected chi connectivity index (χ0v) is 14.8. The summed E-state index contributed by atoms with van der Waals surface area (Å²) in [5.74, 6) is -1.20. The van der Waals surface area contributed by atoms with E-state index in [0.717, 1.165) is 4.90 Å². The Balaban J connectivity index is 1.66. The van der Waals surface area contributed by atoms with Crippen molar-refractivity contribution >= 4 is 23.8 Å². The second kappa shape index (κ2) is 7.15. The minimum absolute atomic E-state index is 0.300. The van der Waals surface area contributed by atoms with Gasteiger partial charge in [0.15, 0.2) is 0 Å². The minimum Gasteiger partial charge on any atom is -0.450 e. The molecule has 0 unspecified atom stereocenters. The molecule has 0 N–H and O–H groups in total. The summed E-state index contributed by atoms with van der Waals surface area (Å²) in [6.07, 6.45) is -0.395. The highest BCUT2D eigenvalue weighted by Gasteiger charge is 2.42. The van der Waals surface area contributed by atoms with Crippen LogP contribution in [-0.4, -0.2) is 77.3 Å². The number of carbonyl (C=O) groups is 4. The highest BCUT2D eigenvalue weighted by Crippen LogP contribution is 2.25. The van der Waals surface area contributed by atoms with Gasteiger partial charge in [-0.1, -0.05) is 12.1 Å². The number of amides is 4. The van der Waals surface area contributed by atoms with E-state index >= 15 is 0 Å². The first kappa shape index (κ1) is 17.9. The molecule has 4 amide bonds. The van der Waals surface area contributed by atoms with Gasteiger partial charge in [0.2, 0.25) is 5.91 Å². The summed E-state index contributed by atoms with van der Waals surface area (Å²) < 4.78 is 4.96. The summed E-state index contributed by atoms with van der Waals surface area (Å²) in [5.41, 5.74) is 0.647. The highest BCUT2D eigenvalue weighted by atomic mass is 16.6. The van der Waals surface area contributed by atoms with Crippen molar-refractivity contribution < 1.29 is 23.9 Å². The third kappa shape index (κ3) is 3.02. The van der Waals surface area contributed by atoms with E-state index in [4.69, 9.17) is 4.74 Å². The van der Waals surface area contributed by atoms with Crippen LogP contribution in [-0.2, 0) is 9.53 Å². The summed E-state index contributed by atoms with van der Waals surface area (Å²) in [6, 6.07) is 5.66. The van der Waals surface area contributed by atoms with E-state index in [1.807, 2.05) is 0 Å². The molecule has 0 aliphatic carbocycles. The van der Waals surface area contributed by atoms with Crippen LogP contribution < -0.4 is 0 Å². The molecule has 8 heteroatoms. The number of fused-ring (bicyclic) bond motifs is 1. The average Bonchev–Trinajstić information content (AvgIpc) is 2.92. The van der Waals surface area contributed by atoms with Gasteiger partial charge in [-0.3, -0.25) is 19.3 Å². The van der Waals surface area contributed by atoms with Crippen LogP contribution in [0.1, 0.15) is 34.6 Å². The molecule has 1 atom stereocenters. The SMILES string of the molecule is CCOC(=O)N1CCN(C(=O)[C@@H](C)N2C(=O)c3ccccc3C2=O)CC1. The molecular formula is C18H21N3O5. The first-order valence-electron chi connectivity index (χ1n) is 8.63. The first-order chi connectivity index (χ1) is 12.5. The van der Waals surface area contributed by atoms with Gasteiger partial charge in [-0.05, 0) is 26.0 Å². The number of benzene rings is 1. The molecule has 1 aromatic carbocycles. The van der Waals surface area contributed by atoms with Crippen molar-refractivity contribution in [2.45, 2.75) is 19.9 Å². The lowest BCUT2D eigenvalue weighted by molar-refractivity contribution is -0.136. The Bertz CT molecular complexity index is 720. The Labute approximate surface area is 151 Å². The summed E-state index contributed by atoms with van der Waals surface area (Å²) in [5, 5.41) is 0. The second-order valence-electron chi connectivity index (χ2n) is 6.21. The summed E-state index contributed by atoms with van der Waals surface area (Å²) >= 11 is 0. The van der Waals surface area contributed by atoms with Crippen molar-refractivity contribution in [1.29, 1.82) is 0 Å². The van der Waals surface area contributed by atoms with E-state index in [9.17, 15) is 19.2 Å². The van der Waals surface area contributed by atoms with E-state index in [1.165, 1.54) is 0 Å². The molecule has 138 valence electrons. The zero-order chi connectivity index (χ0) is 18.8. The lowest BCUT2D eigenvalue weighted by Gasteiger charge is -2.36. The molecule has 0 bridgehead atoms. The molecule has 2 aliphatic heterocycles. The van der Waals surface area contributed by atoms with E-state index in [1.54, 1.807) is 47.9 Å². The van der Waals surface area contributed by atoms with Crippen molar-refractivity contribution in [3.05, 3.63) is 35.4 Å². The van der Waals surface area contributed by atoms with Gasteiger partial charge in [-0.15, -0.1) is 0 Å². The topological polar surface area (TPSA) is 87.2 Å². The maximum absolute atomic E-state index is 12.8. The largest absolute Gasteiger partial charge is 0.450 e. The number of hydrogen-bond acceptors (Lipinski definition) is 5. The summed E-state index contributed by atoms with van der Waals surface area (Å²) in [7, 11) is 0. The van der Waals surface area contributed by atoms with Crippen molar-refractivity contribution in [2.75, 3.05) is 32.8 Å². The van der Waals surface area contributed by atoms with Crippen molar-refractivity contribution in [3.63, 3.8) is 0 Å². The molecule has 2 aliphatic rings. The Hall–Kier alpha value is -2.90. The second-order valence-corrected chi connectivity index (χ2v) is 6.21. The molecule has 0 radical (unpaired) electrons. The predicted molar refractivity (Wildman–Crippen MR) is 91.6 cm³/mol. The fraction of sp³-hybridized carbons (Fsp3) is 0.444. The Morgan fingerprint density at radius 1 is 1.00 bits per heavy atom. The van der Waals surface area contributed by atoms with Crippen molar-refractivity contribution in [2.24, 2.45) is 0 Å². The van der Waals surface area contributed by atoms with Crippen LogP contribution in [0.4, 0.5) is 4.79 Å². The van der Waals surface area contributed by atoms with Gasteiger partial charge in [0.1, 0.15) is 6.04 Å². The van der Waals surface area contributed by atoms with Gasteiger partial charge in [0.05, 0.1) is 17.7 Å². The van der Waals surface area contributed by atoms with Crippen LogP contribution in [0.25, 0.3) is 0 Å². The molecular weight excluding hydrogens is 338 g/mol. The Kier molecular flexibility index (Phi) is 4.92. The van der Waals surface area contributed by atoms with E-state index in [0.29, 0.717) is 43.9 Å². The smallest absolute Gasteiger partial charge is 0.409 e. The van der Waals surface area contributed by atoms with Gasteiger partial charge in [0, 0.05) is 26.2 Å². The van der Waals surface area contributed by atoms with E-state index < -0.39 is 23.9 Å². The van der Waals surface area contributed by atoms with Crippen molar-refractivity contribution in [3.8, 4) is 0 Å². The molecule has 1 fully saturated rings. The molecule has 1 saturated heterocycles. The molecule has 0 aromatic heterocycles. The van der Waals surface area contributed by atoms with Crippen LogP contribution in [0.2, 0.25) is 0 Å². The number of rotatable bonds is 3. The predicted octanol–water partition coefficient (Wildman–Crippen LogP) is 0.972. The standard InChI is InChI=1S/C18H21N3O5/c1-3-26-18(25)20-10-8-19(9-11-20)15(22)12(2)21-16(23)13-6-4-5-7-14(13)17(21)24/h4-7,12H,3,8-11H2,1-2H3/t12-/m1/s1.